The van der Waals surface area contributed by atoms with Gasteiger partial charge in [-0.2, -0.15) is 0 Å². The molecule has 0 aliphatic carbocycles. The van der Waals surface area contributed by atoms with Gasteiger partial charge in [-0.3, -0.25) is 0 Å². The number of aryl methyl sites for hydroxylation is 1. The third kappa shape index (κ3) is 2.66. The van der Waals surface area contributed by atoms with Gasteiger partial charge in [0.1, 0.15) is 13.2 Å². The molecule has 0 radical (unpaired) electrons. The van der Waals surface area contributed by atoms with Crippen LogP contribution in [0, 0.1) is 6.92 Å². The van der Waals surface area contributed by atoms with Crippen LogP contribution in [0.2, 0.25) is 0 Å². The Bertz CT molecular complexity index is 616. The highest BCUT2D eigenvalue weighted by atomic mass is 16.6. The number of anilines is 1. The van der Waals surface area contributed by atoms with Crippen LogP contribution in [0.5, 0.6) is 11.5 Å². The van der Waals surface area contributed by atoms with E-state index in [2.05, 4.69) is 9.97 Å². The van der Waals surface area contributed by atoms with Crippen molar-refractivity contribution in [3.63, 3.8) is 0 Å². The minimum absolute atomic E-state index is 0.604. The van der Waals surface area contributed by atoms with Crippen LogP contribution in [-0.2, 0) is 6.54 Å². The molecule has 2 aromatic rings. The molecule has 0 fully saturated rings. The summed E-state index contributed by atoms with van der Waals surface area (Å²) in [4.78, 5) is 10.7. The summed E-state index contributed by atoms with van der Waals surface area (Å²) in [5.74, 6) is 2.35. The molecule has 0 bridgehead atoms. The van der Waals surface area contributed by atoms with Crippen molar-refractivity contribution in [3.05, 3.63) is 41.7 Å². The standard InChI is InChI=1S/C15H17N3O2/c1-11-5-6-16-15(17-11)18(2)10-12-3-4-13-14(9-12)20-8-7-19-13/h3-6,9H,7-8,10H2,1-2H3. The fourth-order valence-corrected chi connectivity index (χ4v) is 2.15. The lowest BCUT2D eigenvalue weighted by atomic mass is 10.2. The van der Waals surface area contributed by atoms with Crippen LogP contribution in [0.15, 0.2) is 30.5 Å². The molecule has 1 aromatic carbocycles. The van der Waals surface area contributed by atoms with Gasteiger partial charge in [-0.1, -0.05) is 6.07 Å². The molecule has 104 valence electrons. The number of benzene rings is 1. The summed E-state index contributed by atoms with van der Waals surface area (Å²) < 4.78 is 11.1. The molecule has 3 rings (SSSR count). The van der Waals surface area contributed by atoms with Gasteiger partial charge in [0.2, 0.25) is 5.95 Å². The van der Waals surface area contributed by atoms with E-state index in [0.717, 1.165) is 35.2 Å². The van der Waals surface area contributed by atoms with Gasteiger partial charge in [-0.15, -0.1) is 0 Å². The lowest BCUT2D eigenvalue weighted by molar-refractivity contribution is 0.171. The Balaban J connectivity index is 1.77. The van der Waals surface area contributed by atoms with Crippen LogP contribution in [0.1, 0.15) is 11.3 Å². The molecule has 1 aliphatic heterocycles. The minimum atomic E-state index is 0.604. The Hall–Kier alpha value is -2.30. The molecule has 0 N–H and O–H groups in total. The second kappa shape index (κ2) is 5.36. The molecule has 0 saturated carbocycles. The average Bonchev–Trinajstić information content (AvgIpc) is 2.47. The Labute approximate surface area is 118 Å². The van der Waals surface area contributed by atoms with E-state index in [0.29, 0.717) is 13.2 Å². The van der Waals surface area contributed by atoms with E-state index in [1.54, 1.807) is 6.20 Å². The Morgan fingerprint density at radius 2 is 1.95 bits per heavy atom. The summed E-state index contributed by atoms with van der Waals surface area (Å²) in [5, 5.41) is 0. The number of ether oxygens (including phenoxy) is 2. The van der Waals surface area contributed by atoms with E-state index in [1.807, 2.05) is 43.1 Å². The SMILES string of the molecule is Cc1ccnc(N(C)Cc2ccc3c(c2)OCCO3)n1. The number of aromatic nitrogens is 2. The van der Waals surface area contributed by atoms with E-state index >= 15 is 0 Å². The lowest BCUT2D eigenvalue weighted by Crippen LogP contribution is -2.20. The van der Waals surface area contributed by atoms with Crippen molar-refractivity contribution in [1.82, 2.24) is 9.97 Å². The lowest BCUT2D eigenvalue weighted by Gasteiger charge is -2.21. The molecule has 2 heterocycles. The number of hydrogen-bond donors (Lipinski definition) is 0. The third-order valence-corrected chi connectivity index (χ3v) is 3.15. The number of nitrogens with zero attached hydrogens (tertiary/aromatic N) is 3. The maximum absolute atomic E-state index is 5.60. The van der Waals surface area contributed by atoms with Crippen molar-refractivity contribution < 1.29 is 9.47 Å². The summed E-state index contributed by atoms with van der Waals surface area (Å²) in [5.41, 5.74) is 2.10. The van der Waals surface area contributed by atoms with Crippen molar-refractivity contribution in [2.75, 3.05) is 25.2 Å². The molecule has 1 aliphatic rings. The van der Waals surface area contributed by atoms with Crippen molar-refractivity contribution in [2.45, 2.75) is 13.5 Å². The van der Waals surface area contributed by atoms with Crippen LogP contribution < -0.4 is 14.4 Å². The van der Waals surface area contributed by atoms with Crippen LogP contribution in [0.25, 0.3) is 0 Å². The molecule has 0 unspecified atom stereocenters. The topological polar surface area (TPSA) is 47.5 Å². The fourth-order valence-electron chi connectivity index (χ4n) is 2.15. The maximum atomic E-state index is 5.60. The normalized spacial score (nSPS) is 13.1. The molecule has 1 aromatic heterocycles. The molecule has 0 amide bonds. The van der Waals surface area contributed by atoms with Crippen LogP contribution >= 0.6 is 0 Å². The third-order valence-electron chi connectivity index (χ3n) is 3.15. The van der Waals surface area contributed by atoms with Gasteiger partial charge >= 0.3 is 0 Å². The highest BCUT2D eigenvalue weighted by Crippen LogP contribution is 2.31. The molecule has 0 saturated heterocycles. The number of rotatable bonds is 3. The number of fused-ring (bicyclic) bond motifs is 1. The summed E-state index contributed by atoms with van der Waals surface area (Å²) in [6.45, 7) is 3.90. The zero-order valence-electron chi connectivity index (χ0n) is 11.7. The van der Waals surface area contributed by atoms with Gasteiger partial charge in [-0.05, 0) is 30.7 Å². The van der Waals surface area contributed by atoms with E-state index in [-0.39, 0.29) is 0 Å². The van der Waals surface area contributed by atoms with Gasteiger partial charge in [0, 0.05) is 25.5 Å². The fraction of sp³-hybridized carbons (Fsp3) is 0.333. The summed E-state index contributed by atoms with van der Waals surface area (Å²) >= 11 is 0. The minimum Gasteiger partial charge on any atom is -0.486 e. The average molecular weight is 271 g/mol. The molecular weight excluding hydrogens is 254 g/mol. The zero-order chi connectivity index (χ0) is 13.9. The quantitative estimate of drug-likeness (QED) is 0.856. The Morgan fingerprint density at radius 1 is 1.15 bits per heavy atom. The molecule has 20 heavy (non-hydrogen) atoms. The predicted octanol–water partition coefficient (Wildman–Crippen LogP) is 2.19. The predicted molar refractivity (Wildman–Crippen MR) is 76.3 cm³/mol. The molecule has 5 nitrogen and oxygen atoms in total. The summed E-state index contributed by atoms with van der Waals surface area (Å²) in [6.07, 6.45) is 1.78. The Kier molecular flexibility index (Phi) is 3.41. The van der Waals surface area contributed by atoms with Gasteiger partial charge < -0.3 is 14.4 Å². The molecular formula is C15H17N3O2. The highest BCUT2D eigenvalue weighted by molar-refractivity contribution is 5.45. The zero-order valence-corrected chi connectivity index (χ0v) is 11.7. The molecule has 0 atom stereocenters. The second-order valence-electron chi connectivity index (χ2n) is 4.83. The van der Waals surface area contributed by atoms with Gasteiger partial charge in [0.25, 0.3) is 0 Å². The van der Waals surface area contributed by atoms with Gasteiger partial charge in [0.05, 0.1) is 0 Å². The van der Waals surface area contributed by atoms with Crippen molar-refractivity contribution in [1.29, 1.82) is 0 Å². The van der Waals surface area contributed by atoms with Crippen LogP contribution in [-0.4, -0.2) is 30.2 Å². The largest absolute Gasteiger partial charge is 0.486 e. The first-order valence-electron chi connectivity index (χ1n) is 6.62. The summed E-state index contributed by atoms with van der Waals surface area (Å²) in [6, 6.07) is 7.90. The van der Waals surface area contributed by atoms with E-state index in [1.165, 1.54) is 0 Å². The number of hydrogen-bond acceptors (Lipinski definition) is 5. The first kappa shape index (κ1) is 12.7. The van der Waals surface area contributed by atoms with Crippen molar-refractivity contribution >= 4 is 5.95 Å². The summed E-state index contributed by atoms with van der Waals surface area (Å²) in [7, 11) is 1.98. The van der Waals surface area contributed by atoms with E-state index in [4.69, 9.17) is 9.47 Å². The van der Waals surface area contributed by atoms with Gasteiger partial charge in [-0.25, -0.2) is 9.97 Å². The monoisotopic (exact) mass is 271 g/mol. The van der Waals surface area contributed by atoms with Crippen LogP contribution in [0.3, 0.4) is 0 Å². The van der Waals surface area contributed by atoms with Gasteiger partial charge in [0.15, 0.2) is 11.5 Å². The molecule has 5 heteroatoms. The van der Waals surface area contributed by atoms with Crippen molar-refractivity contribution in [3.8, 4) is 11.5 Å². The van der Waals surface area contributed by atoms with Crippen LogP contribution in [0.4, 0.5) is 5.95 Å². The highest BCUT2D eigenvalue weighted by Gasteiger charge is 2.13. The Morgan fingerprint density at radius 3 is 2.75 bits per heavy atom. The van der Waals surface area contributed by atoms with E-state index in [9.17, 15) is 0 Å². The smallest absolute Gasteiger partial charge is 0.225 e. The van der Waals surface area contributed by atoms with E-state index < -0.39 is 0 Å². The second-order valence-corrected chi connectivity index (χ2v) is 4.83. The first-order valence-corrected chi connectivity index (χ1v) is 6.62. The first-order chi connectivity index (χ1) is 9.72. The van der Waals surface area contributed by atoms with Crippen molar-refractivity contribution in [2.24, 2.45) is 0 Å². The molecule has 0 spiro atoms. The maximum Gasteiger partial charge on any atom is 0.225 e.